The molecule has 1 aromatic carbocycles. The van der Waals surface area contributed by atoms with Crippen molar-refractivity contribution in [1.29, 1.82) is 5.26 Å². The molecule has 3 rings (SSSR count). The molecule has 1 aromatic heterocycles. The van der Waals surface area contributed by atoms with E-state index in [1.807, 2.05) is 31.2 Å². The van der Waals surface area contributed by atoms with Crippen molar-refractivity contribution >= 4 is 15.9 Å². The van der Waals surface area contributed by atoms with Crippen LogP contribution in [0.5, 0.6) is 5.75 Å². The number of allylic oxidation sites excluding steroid dienone is 1. The number of hydrogen-bond acceptors (Lipinski definition) is 5. The van der Waals surface area contributed by atoms with Crippen LogP contribution in [0.3, 0.4) is 0 Å². The summed E-state index contributed by atoms with van der Waals surface area (Å²) < 4.78 is 13.2. The van der Waals surface area contributed by atoms with Crippen LogP contribution in [0, 0.1) is 18.3 Å². The van der Waals surface area contributed by atoms with E-state index in [2.05, 4.69) is 22.0 Å². The van der Waals surface area contributed by atoms with E-state index in [-0.39, 0.29) is 17.0 Å². The van der Waals surface area contributed by atoms with E-state index in [4.69, 9.17) is 15.2 Å². The maximum atomic E-state index is 13.2. The highest BCUT2D eigenvalue weighted by atomic mass is 79.9. The molecule has 0 spiro atoms. The third-order valence-corrected chi connectivity index (χ3v) is 4.88. The summed E-state index contributed by atoms with van der Waals surface area (Å²) in [6, 6.07) is 11.4. The van der Waals surface area contributed by atoms with Gasteiger partial charge in [-0.2, -0.15) is 5.26 Å². The van der Waals surface area contributed by atoms with E-state index in [1.54, 1.807) is 17.7 Å². The van der Waals surface area contributed by atoms with Crippen molar-refractivity contribution in [3.05, 3.63) is 73.4 Å². The van der Waals surface area contributed by atoms with Crippen molar-refractivity contribution in [3.8, 4) is 11.8 Å². The molecule has 1 aliphatic rings. The molecular formula is C19H18BrN3O3. The second-order valence-electron chi connectivity index (χ2n) is 5.99. The van der Waals surface area contributed by atoms with Gasteiger partial charge in [0.1, 0.15) is 17.4 Å². The molecule has 0 amide bonds. The van der Waals surface area contributed by atoms with E-state index in [0.717, 1.165) is 15.7 Å². The number of fused-ring (bicyclic) bond motifs is 1. The van der Waals surface area contributed by atoms with Gasteiger partial charge in [0.2, 0.25) is 5.88 Å². The minimum absolute atomic E-state index is 0.0263. The van der Waals surface area contributed by atoms with Gasteiger partial charge in [0.15, 0.2) is 0 Å². The maximum Gasteiger partial charge on any atom is 0.258 e. The van der Waals surface area contributed by atoms with Crippen LogP contribution in [0.25, 0.3) is 0 Å². The molecule has 0 aliphatic carbocycles. The third kappa shape index (κ3) is 3.14. The summed E-state index contributed by atoms with van der Waals surface area (Å²) in [7, 11) is 1.59. The number of aromatic nitrogens is 1. The third-order valence-electron chi connectivity index (χ3n) is 4.39. The lowest BCUT2D eigenvalue weighted by Crippen LogP contribution is -2.33. The molecule has 1 aliphatic heterocycles. The van der Waals surface area contributed by atoms with Crippen molar-refractivity contribution in [3.63, 3.8) is 0 Å². The second-order valence-corrected chi connectivity index (χ2v) is 6.91. The smallest absolute Gasteiger partial charge is 0.258 e. The van der Waals surface area contributed by atoms with Crippen LogP contribution in [-0.4, -0.2) is 18.3 Å². The van der Waals surface area contributed by atoms with Gasteiger partial charge in [0, 0.05) is 29.9 Å². The second kappa shape index (κ2) is 7.36. The summed E-state index contributed by atoms with van der Waals surface area (Å²) >= 11 is 3.44. The lowest BCUT2D eigenvalue weighted by atomic mass is 9.84. The van der Waals surface area contributed by atoms with Gasteiger partial charge in [-0.15, -0.1) is 0 Å². The number of benzene rings is 1. The summed E-state index contributed by atoms with van der Waals surface area (Å²) in [6.07, 6.45) is 0. The SMILES string of the molecule is COCCn1c(C)cc2c(c1=O)[C@H](c1cccc(Br)c1)C(C#N)=C(N)O2. The Balaban J connectivity index is 2.28. The number of nitrogens with zero attached hydrogens (tertiary/aromatic N) is 2. The molecule has 0 fully saturated rings. The van der Waals surface area contributed by atoms with Crippen LogP contribution in [0.4, 0.5) is 0 Å². The van der Waals surface area contributed by atoms with Gasteiger partial charge in [0.25, 0.3) is 5.56 Å². The summed E-state index contributed by atoms with van der Waals surface area (Å²) in [4.78, 5) is 13.2. The first kappa shape index (κ1) is 18.2. The maximum absolute atomic E-state index is 13.2. The quantitative estimate of drug-likeness (QED) is 0.828. The average Bonchev–Trinajstić information content (AvgIpc) is 2.60. The van der Waals surface area contributed by atoms with Gasteiger partial charge < -0.3 is 19.8 Å². The van der Waals surface area contributed by atoms with Crippen molar-refractivity contribution in [1.82, 2.24) is 4.57 Å². The van der Waals surface area contributed by atoms with Crippen LogP contribution in [0.1, 0.15) is 22.7 Å². The van der Waals surface area contributed by atoms with Crippen molar-refractivity contribution in [2.24, 2.45) is 5.73 Å². The molecule has 0 saturated heterocycles. The molecule has 26 heavy (non-hydrogen) atoms. The van der Waals surface area contributed by atoms with Crippen LogP contribution < -0.4 is 16.0 Å². The number of methoxy groups -OCH3 is 1. The predicted octanol–water partition coefficient (Wildman–Crippen LogP) is 2.78. The topological polar surface area (TPSA) is 90.3 Å². The highest BCUT2D eigenvalue weighted by Crippen LogP contribution is 2.40. The Morgan fingerprint density at radius 2 is 2.19 bits per heavy atom. The average molecular weight is 416 g/mol. The number of rotatable bonds is 4. The standard InChI is InChI=1S/C19H18BrN3O3/c1-11-8-15-17(19(24)23(11)6-7-25-2)16(14(10-21)18(22)26-15)12-4-3-5-13(20)9-12/h3-5,8-9,16H,6-7,22H2,1-2H3/t16-/m1/s1. The van der Waals surface area contributed by atoms with Gasteiger partial charge in [-0.05, 0) is 24.6 Å². The number of nitrogens with two attached hydrogens (primary N) is 1. The number of nitriles is 1. The first-order valence-electron chi connectivity index (χ1n) is 8.04. The van der Waals surface area contributed by atoms with Crippen molar-refractivity contribution in [2.45, 2.75) is 19.4 Å². The van der Waals surface area contributed by atoms with E-state index < -0.39 is 5.92 Å². The van der Waals surface area contributed by atoms with Crippen molar-refractivity contribution < 1.29 is 9.47 Å². The Bertz CT molecular complexity index is 988. The number of hydrogen-bond donors (Lipinski definition) is 1. The fourth-order valence-corrected chi connectivity index (χ4v) is 3.58. The Morgan fingerprint density at radius 1 is 1.42 bits per heavy atom. The zero-order valence-electron chi connectivity index (χ0n) is 14.5. The lowest BCUT2D eigenvalue weighted by Gasteiger charge is -2.27. The zero-order chi connectivity index (χ0) is 18.8. The molecular weight excluding hydrogens is 398 g/mol. The predicted molar refractivity (Wildman–Crippen MR) is 101 cm³/mol. The van der Waals surface area contributed by atoms with Gasteiger partial charge in [-0.1, -0.05) is 28.1 Å². The number of halogens is 1. The molecule has 0 bridgehead atoms. The first-order chi connectivity index (χ1) is 12.5. The highest BCUT2D eigenvalue weighted by Gasteiger charge is 2.34. The zero-order valence-corrected chi connectivity index (χ0v) is 16.0. The summed E-state index contributed by atoms with van der Waals surface area (Å²) in [5.41, 5.74) is 7.96. The van der Waals surface area contributed by atoms with Gasteiger partial charge in [-0.3, -0.25) is 4.79 Å². The molecule has 6 nitrogen and oxygen atoms in total. The molecule has 134 valence electrons. The first-order valence-corrected chi connectivity index (χ1v) is 8.83. The van der Waals surface area contributed by atoms with Crippen molar-refractivity contribution in [2.75, 3.05) is 13.7 Å². The molecule has 0 unspecified atom stereocenters. The van der Waals surface area contributed by atoms with Crippen LogP contribution in [0.15, 0.2) is 51.1 Å². The minimum Gasteiger partial charge on any atom is -0.440 e. The van der Waals surface area contributed by atoms with E-state index in [1.165, 1.54) is 0 Å². The van der Waals surface area contributed by atoms with Crippen LogP contribution in [-0.2, 0) is 11.3 Å². The van der Waals surface area contributed by atoms with E-state index >= 15 is 0 Å². The molecule has 2 heterocycles. The van der Waals surface area contributed by atoms with Crippen LogP contribution in [0.2, 0.25) is 0 Å². The summed E-state index contributed by atoms with van der Waals surface area (Å²) in [5.74, 6) is -0.163. The van der Waals surface area contributed by atoms with Crippen LogP contribution >= 0.6 is 15.9 Å². The molecule has 1 atom stereocenters. The highest BCUT2D eigenvalue weighted by molar-refractivity contribution is 9.10. The molecule has 2 N–H and O–H groups in total. The monoisotopic (exact) mass is 415 g/mol. The van der Waals surface area contributed by atoms with Gasteiger partial charge >= 0.3 is 0 Å². The minimum atomic E-state index is -0.580. The number of ether oxygens (including phenoxy) is 2. The Kier molecular flexibility index (Phi) is 5.16. The van der Waals surface area contributed by atoms with Gasteiger partial charge in [0.05, 0.1) is 18.1 Å². The molecule has 0 radical (unpaired) electrons. The lowest BCUT2D eigenvalue weighted by molar-refractivity contribution is 0.185. The summed E-state index contributed by atoms with van der Waals surface area (Å²) in [6.45, 7) is 2.65. The Hall–Kier alpha value is -2.56. The molecule has 2 aromatic rings. The molecule has 0 saturated carbocycles. The van der Waals surface area contributed by atoms with E-state index in [0.29, 0.717) is 24.5 Å². The Labute approximate surface area is 159 Å². The Morgan fingerprint density at radius 3 is 2.85 bits per heavy atom. The van der Waals surface area contributed by atoms with Gasteiger partial charge in [-0.25, -0.2) is 0 Å². The largest absolute Gasteiger partial charge is 0.440 e. The molecule has 7 heteroatoms. The fraction of sp³-hybridized carbons (Fsp3) is 0.263. The van der Waals surface area contributed by atoms with E-state index in [9.17, 15) is 10.1 Å². The normalized spacial score (nSPS) is 16.0. The fourth-order valence-electron chi connectivity index (χ4n) is 3.17. The number of pyridine rings is 1. The summed E-state index contributed by atoms with van der Waals surface area (Å²) in [5, 5.41) is 9.64. The number of aryl methyl sites for hydroxylation is 1.